The smallest absolute Gasteiger partial charge is 0.331 e. The van der Waals surface area contributed by atoms with E-state index in [9.17, 15) is 14.7 Å². The fraction of sp³-hybridized carbons (Fsp3) is 0.583. The molecule has 0 bridgehead atoms. The molecule has 1 saturated heterocycles. The first-order valence-electron chi connectivity index (χ1n) is 6.55. The largest absolute Gasteiger partial charge is 0.479 e. The molecule has 1 aromatic rings. The Morgan fingerprint density at radius 2 is 2.20 bits per heavy atom. The summed E-state index contributed by atoms with van der Waals surface area (Å²) in [6.45, 7) is 1.71. The van der Waals surface area contributed by atoms with Gasteiger partial charge in [0, 0.05) is 24.8 Å². The molecule has 20 heavy (non-hydrogen) atoms. The molecule has 4 N–H and O–H groups in total. The van der Waals surface area contributed by atoms with Gasteiger partial charge in [0.1, 0.15) is 0 Å². The number of aliphatic carboxylic acids is 1. The van der Waals surface area contributed by atoms with Crippen LogP contribution < -0.4 is 16.0 Å². The standard InChI is InChI=1S/C12H19N5O3/c1-17-7-8(6-14-17)10(11(18)19)16-12(20)15-9-2-4-13-5-3-9/h6-7,9-10,13H,2-5H2,1H3,(H,18,19)(H2,15,16,20). The van der Waals surface area contributed by atoms with Crippen molar-refractivity contribution in [3.8, 4) is 0 Å². The van der Waals surface area contributed by atoms with Crippen LogP contribution in [-0.2, 0) is 11.8 Å². The highest BCUT2D eigenvalue weighted by Crippen LogP contribution is 2.12. The van der Waals surface area contributed by atoms with E-state index in [4.69, 9.17) is 0 Å². The third-order valence-electron chi connectivity index (χ3n) is 3.25. The molecule has 1 atom stereocenters. The van der Waals surface area contributed by atoms with Gasteiger partial charge in [-0.2, -0.15) is 5.10 Å². The highest BCUT2D eigenvalue weighted by molar-refractivity contribution is 5.83. The molecule has 1 aromatic heterocycles. The summed E-state index contributed by atoms with van der Waals surface area (Å²) in [5, 5.41) is 21.6. The van der Waals surface area contributed by atoms with E-state index in [1.807, 2.05) is 0 Å². The number of urea groups is 1. The van der Waals surface area contributed by atoms with E-state index in [0.717, 1.165) is 25.9 Å². The minimum Gasteiger partial charge on any atom is -0.479 e. The van der Waals surface area contributed by atoms with Crippen molar-refractivity contribution in [2.24, 2.45) is 7.05 Å². The Morgan fingerprint density at radius 1 is 1.50 bits per heavy atom. The summed E-state index contributed by atoms with van der Waals surface area (Å²) in [7, 11) is 1.69. The third kappa shape index (κ3) is 3.70. The van der Waals surface area contributed by atoms with Crippen molar-refractivity contribution in [3.63, 3.8) is 0 Å². The first kappa shape index (κ1) is 14.3. The zero-order valence-electron chi connectivity index (χ0n) is 11.3. The molecule has 0 saturated carbocycles. The van der Waals surface area contributed by atoms with Crippen molar-refractivity contribution in [2.75, 3.05) is 13.1 Å². The van der Waals surface area contributed by atoms with Crippen molar-refractivity contribution in [1.82, 2.24) is 25.7 Å². The van der Waals surface area contributed by atoms with Crippen LogP contribution in [0, 0.1) is 0 Å². The van der Waals surface area contributed by atoms with Crippen LogP contribution in [0.1, 0.15) is 24.4 Å². The molecule has 0 spiro atoms. The van der Waals surface area contributed by atoms with Crippen LogP contribution in [0.4, 0.5) is 4.79 Å². The number of hydrogen-bond acceptors (Lipinski definition) is 4. The third-order valence-corrected chi connectivity index (χ3v) is 3.25. The van der Waals surface area contributed by atoms with Gasteiger partial charge in [-0.05, 0) is 25.9 Å². The average molecular weight is 281 g/mol. The van der Waals surface area contributed by atoms with Gasteiger partial charge in [-0.1, -0.05) is 0 Å². The topological polar surface area (TPSA) is 108 Å². The highest BCUT2D eigenvalue weighted by Gasteiger charge is 2.24. The Hall–Kier alpha value is -2.09. The van der Waals surface area contributed by atoms with Gasteiger partial charge in [0.05, 0.1) is 6.20 Å². The number of amides is 2. The number of carboxylic acids is 1. The monoisotopic (exact) mass is 281 g/mol. The highest BCUT2D eigenvalue weighted by atomic mass is 16.4. The molecule has 0 aliphatic carbocycles. The first-order valence-corrected chi connectivity index (χ1v) is 6.55. The Labute approximate surface area is 116 Å². The lowest BCUT2D eigenvalue weighted by molar-refractivity contribution is -0.139. The summed E-state index contributed by atoms with van der Waals surface area (Å²) in [6, 6.07) is -1.47. The average Bonchev–Trinajstić information content (AvgIpc) is 2.83. The minimum atomic E-state index is -1.11. The summed E-state index contributed by atoms with van der Waals surface area (Å²) in [5.41, 5.74) is 0.445. The second kappa shape index (κ2) is 6.38. The lowest BCUT2D eigenvalue weighted by Gasteiger charge is -2.24. The Kier molecular flexibility index (Phi) is 4.57. The Balaban J connectivity index is 1.94. The van der Waals surface area contributed by atoms with Gasteiger partial charge in [-0.15, -0.1) is 0 Å². The number of nitrogens with one attached hydrogen (secondary N) is 3. The maximum atomic E-state index is 11.9. The second-order valence-electron chi connectivity index (χ2n) is 4.86. The zero-order valence-corrected chi connectivity index (χ0v) is 11.3. The number of carbonyl (C=O) groups excluding carboxylic acids is 1. The van der Waals surface area contributed by atoms with Crippen molar-refractivity contribution in [3.05, 3.63) is 18.0 Å². The molecule has 1 fully saturated rings. The van der Waals surface area contributed by atoms with Gasteiger partial charge in [-0.25, -0.2) is 9.59 Å². The first-order chi connectivity index (χ1) is 9.56. The lowest BCUT2D eigenvalue weighted by Crippen LogP contribution is -2.48. The molecule has 1 aliphatic rings. The van der Waals surface area contributed by atoms with E-state index in [2.05, 4.69) is 21.0 Å². The van der Waals surface area contributed by atoms with Crippen molar-refractivity contribution in [2.45, 2.75) is 24.9 Å². The molecule has 0 radical (unpaired) electrons. The van der Waals surface area contributed by atoms with Crippen LogP contribution in [-0.4, -0.2) is 46.0 Å². The zero-order chi connectivity index (χ0) is 14.5. The maximum absolute atomic E-state index is 11.9. The maximum Gasteiger partial charge on any atom is 0.331 e. The predicted molar refractivity (Wildman–Crippen MR) is 71.1 cm³/mol. The van der Waals surface area contributed by atoms with Gasteiger partial charge >= 0.3 is 12.0 Å². The van der Waals surface area contributed by atoms with Gasteiger partial charge < -0.3 is 21.1 Å². The van der Waals surface area contributed by atoms with Crippen molar-refractivity contribution < 1.29 is 14.7 Å². The van der Waals surface area contributed by atoms with E-state index < -0.39 is 18.0 Å². The summed E-state index contributed by atoms with van der Waals surface area (Å²) >= 11 is 0. The summed E-state index contributed by atoms with van der Waals surface area (Å²) in [4.78, 5) is 23.1. The number of aromatic nitrogens is 2. The van der Waals surface area contributed by atoms with Gasteiger partial charge in [0.2, 0.25) is 0 Å². The molecule has 2 heterocycles. The Bertz CT molecular complexity index is 481. The van der Waals surface area contributed by atoms with Crippen LogP contribution >= 0.6 is 0 Å². The van der Waals surface area contributed by atoms with Gasteiger partial charge in [-0.3, -0.25) is 4.68 Å². The summed E-state index contributed by atoms with van der Waals surface area (Å²) in [5.74, 6) is -1.11. The molecular formula is C12H19N5O3. The number of rotatable bonds is 4. The molecule has 110 valence electrons. The van der Waals surface area contributed by atoms with E-state index in [1.165, 1.54) is 10.9 Å². The summed E-state index contributed by atoms with van der Waals surface area (Å²) < 4.78 is 1.50. The van der Waals surface area contributed by atoms with Crippen molar-refractivity contribution >= 4 is 12.0 Å². The molecule has 1 unspecified atom stereocenters. The normalized spacial score (nSPS) is 17.4. The minimum absolute atomic E-state index is 0.0830. The molecule has 8 heteroatoms. The fourth-order valence-corrected chi connectivity index (χ4v) is 2.20. The molecule has 1 aliphatic heterocycles. The molecule has 2 amide bonds. The van der Waals surface area contributed by atoms with E-state index in [0.29, 0.717) is 5.56 Å². The summed E-state index contributed by atoms with van der Waals surface area (Å²) in [6.07, 6.45) is 4.70. The number of piperidine rings is 1. The number of hydrogen-bond donors (Lipinski definition) is 4. The van der Waals surface area contributed by atoms with E-state index in [1.54, 1.807) is 13.2 Å². The van der Waals surface area contributed by atoms with Crippen LogP contribution in [0.2, 0.25) is 0 Å². The number of nitrogens with zero attached hydrogens (tertiary/aromatic N) is 2. The van der Waals surface area contributed by atoms with E-state index >= 15 is 0 Å². The van der Waals surface area contributed by atoms with Gasteiger partial charge in [0.25, 0.3) is 0 Å². The molecular weight excluding hydrogens is 262 g/mol. The number of aryl methyl sites for hydroxylation is 1. The van der Waals surface area contributed by atoms with Crippen molar-refractivity contribution in [1.29, 1.82) is 0 Å². The molecule has 0 aromatic carbocycles. The number of carboxylic acid groups (broad SMARTS) is 1. The quantitative estimate of drug-likeness (QED) is 0.600. The number of carbonyl (C=O) groups is 2. The SMILES string of the molecule is Cn1cc(C(NC(=O)NC2CCNCC2)C(=O)O)cn1. The molecule has 8 nitrogen and oxygen atoms in total. The van der Waals surface area contributed by atoms with E-state index in [-0.39, 0.29) is 6.04 Å². The predicted octanol–water partition coefficient (Wildman–Crippen LogP) is -0.403. The van der Waals surface area contributed by atoms with Crippen LogP contribution in [0.5, 0.6) is 0 Å². The van der Waals surface area contributed by atoms with Gasteiger partial charge in [0.15, 0.2) is 6.04 Å². The lowest BCUT2D eigenvalue weighted by atomic mass is 10.1. The second-order valence-corrected chi connectivity index (χ2v) is 4.86. The van der Waals surface area contributed by atoms with Crippen LogP contribution in [0.25, 0.3) is 0 Å². The Morgan fingerprint density at radius 3 is 2.75 bits per heavy atom. The molecule has 2 rings (SSSR count). The fourth-order valence-electron chi connectivity index (χ4n) is 2.20. The van der Waals surface area contributed by atoms with Crippen LogP contribution in [0.15, 0.2) is 12.4 Å². The van der Waals surface area contributed by atoms with Crippen LogP contribution in [0.3, 0.4) is 0 Å².